The van der Waals surface area contributed by atoms with E-state index in [0.29, 0.717) is 22.0 Å². The Morgan fingerprint density at radius 1 is 1.47 bits per heavy atom. The summed E-state index contributed by atoms with van der Waals surface area (Å²) in [5.74, 6) is -0.906. The fourth-order valence-corrected chi connectivity index (χ4v) is 3.13. The summed E-state index contributed by atoms with van der Waals surface area (Å²) in [7, 11) is 0. The first kappa shape index (κ1) is 12.5. The maximum absolute atomic E-state index is 11.2. The number of aliphatic carboxylic acids is 1. The molecular formula is C14H14ClNO3. The summed E-state index contributed by atoms with van der Waals surface area (Å²) in [6, 6.07) is 3.55. The van der Waals surface area contributed by atoms with E-state index in [1.165, 1.54) is 0 Å². The molecule has 4 nitrogen and oxygen atoms in total. The quantitative estimate of drug-likeness (QED) is 0.912. The van der Waals surface area contributed by atoms with Gasteiger partial charge in [0.05, 0.1) is 11.8 Å². The smallest absolute Gasteiger partial charge is 0.307 e. The van der Waals surface area contributed by atoms with E-state index in [4.69, 9.17) is 16.0 Å². The van der Waals surface area contributed by atoms with Crippen LogP contribution >= 0.6 is 11.6 Å². The van der Waals surface area contributed by atoms with Crippen LogP contribution in [-0.4, -0.2) is 16.1 Å². The maximum Gasteiger partial charge on any atom is 0.307 e. The minimum atomic E-state index is -0.799. The van der Waals surface area contributed by atoms with Crippen molar-refractivity contribution in [2.24, 2.45) is 11.3 Å². The van der Waals surface area contributed by atoms with E-state index in [9.17, 15) is 9.90 Å². The highest BCUT2D eigenvalue weighted by atomic mass is 35.5. The Morgan fingerprint density at radius 2 is 2.16 bits per heavy atom. The van der Waals surface area contributed by atoms with Crippen LogP contribution in [-0.2, 0) is 4.79 Å². The largest absolute Gasteiger partial charge is 0.481 e. The van der Waals surface area contributed by atoms with Crippen LogP contribution in [0, 0.1) is 18.3 Å². The Kier molecular flexibility index (Phi) is 2.45. The van der Waals surface area contributed by atoms with Crippen molar-refractivity contribution >= 4 is 28.7 Å². The van der Waals surface area contributed by atoms with Crippen LogP contribution in [0.2, 0.25) is 5.02 Å². The molecule has 0 aliphatic heterocycles. The van der Waals surface area contributed by atoms with Crippen molar-refractivity contribution in [3.63, 3.8) is 0 Å². The molecule has 5 heteroatoms. The van der Waals surface area contributed by atoms with Crippen molar-refractivity contribution in [1.82, 2.24) is 4.98 Å². The number of carboxylic acid groups (broad SMARTS) is 1. The number of carbonyl (C=O) groups is 1. The molecular weight excluding hydrogens is 266 g/mol. The zero-order valence-corrected chi connectivity index (χ0v) is 11.7. The van der Waals surface area contributed by atoms with Crippen LogP contribution in [0.3, 0.4) is 0 Å². The predicted molar refractivity (Wildman–Crippen MR) is 71.4 cm³/mol. The number of halogens is 1. The molecule has 2 aromatic rings. The second-order valence-electron chi connectivity index (χ2n) is 5.74. The molecule has 0 radical (unpaired) electrons. The number of fused-ring (bicyclic) bond motifs is 1. The van der Waals surface area contributed by atoms with Crippen LogP contribution in [0.15, 0.2) is 16.5 Å². The van der Waals surface area contributed by atoms with E-state index in [1.807, 2.05) is 26.8 Å². The van der Waals surface area contributed by atoms with E-state index >= 15 is 0 Å². The van der Waals surface area contributed by atoms with Crippen LogP contribution in [0.5, 0.6) is 0 Å². The van der Waals surface area contributed by atoms with Crippen molar-refractivity contribution in [3.05, 3.63) is 28.6 Å². The van der Waals surface area contributed by atoms with Gasteiger partial charge in [0.15, 0.2) is 11.5 Å². The van der Waals surface area contributed by atoms with Gasteiger partial charge >= 0.3 is 5.97 Å². The standard InChI is InChI=1S/C14H14ClNO3/c1-6-4-7(15)5-8-11(6)19-12(16-8)9-10(13(17)18)14(9,2)3/h4-5,9-10H,1-3H3,(H,17,18). The number of hydrogen-bond acceptors (Lipinski definition) is 3. The van der Waals surface area contributed by atoms with Crippen LogP contribution in [0.25, 0.3) is 11.1 Å². The molecule has 1 saturated carbocycles. The molecule has 0 amide bonds. The SMILES string of the molecule is Cc1cc(Cl)cc2nc(C3C(C(=O)O)C3(C)C)oc12. The number of hydrogen-bond donors (Lipinski definition) is 1. The summed E-state index contributed by atoms with van der Waals surface area (Å²) in [5.41, 5.74) is 1.97. The van der Waals surface area contributed by atoms with Crippen LogP contribution < -0.4 is 0 Å². The predicted octanol–water partition coefficient (Wildman–Crippen LogP) is 3.61. The van der Waals surface area contributed by atoms with E-state index in [0.717, 1.165) is 5.56 Å². The van der Waals surface area contributed by atoms with Gasteiger partial charge in [0.1, 0.15) is 5.52 Å². The summed E-state index contributed by atoms with van der Waals surface area (Å²) in [6.07, 6.45) is 0. The Balaban J connectivity index is 2.09. The van der Waals surface area contributed by atoms with Crippen LogP contribution in [0.4, 0.5) is 0 Å². The first-order valence-corrected chi connectivity index (χ1v) is 6.49. The monoisotopic (exact) mass is 279 g/mol. The summed E-state index contributed by atoms with van der Waals surface area (Å²) >= 11 is 5.99. The van der Waals surface area contributed by atoms with Crippen molar-refractivity contribution in [1.29, 1.82) is 0 Å². The average Bonchev–Trinajstić information content (AvgIpc) is 2.65. The summed E-state index contributed by atoms with van der Waals surface area (Å²) in [4.78, 5) is 15.6. The second kappa shape index (κ2) is 3.73. The fourth-order valence-electron chi connectivity index (χ4n) is 2.87. The van der Waals surface area contributed by atoms with Crippen molar-refractivity contribution in [3.8, 4) is 0 Å². The van der Waals surface area contributed by atoms with Gasteiger partial charge in [0.25, 0.3) is 0 Å². The Hall–Kier alpha value is -1.55. The minimum Gasteiger partial charge on any atom is -0.481 e. The van der Waals surface area contributed by atoms with Gasteiger partial charge in [-0.05, 0) is 30.0 Å². The molecule has 0 saturated heterocycles. The first-order valence-electron chi connectivity index (χ1n) is 6.11. The highest BCUT2D eigenvalue weighted by Crippen LogP contribution is 2.64. The zero-order valence-electron chi connectivity index (χ0n) is 10.9. The molecule has 19 heavy (non-hydrogen) atoms. The summed E-state index contributed by atoms with van der Waals surface area (Å²) in [5, 5.41) is 9.81. The molecule has 1 heterocycles. The van der Waals surface area contributed by atoms with Gasteiger partial charge in [0.2, 0.25) is 0 Å². The van der Waals surface area contributed by atoms with Gasteiger partial charge in [0, 0.05) is 5.02 Å². The molecule has 1 aliphatic carbocycles. The molecule has 100 valence electrons. The average molecular weight is 280 g/mol. The molecule has 1 aromatic carbocycles. The molecule has 1 aliphatic rings. The van der Waals surface area contributed by atoms with Gasteiger partial charge in [-0.25, -0.2) is 4.98 Å². The number of aromatic nitrogens is 1. The Labute approximate surface area is 115 Å². The lowest BCUT2D eigenvalue weighted by Crippen LogP contribution is -2.03. The van der Waals surface area contributed by atoms with E-state index in [1.54, 1.807) is 6.07 Å². The van der Waals surface area contributed by atoms with E-state index < -0.39 is 11.9 Å². The zero-order chi connectivity index (χ0) is 13.9. The number of rotatable bonds is 2. The van der Waals surface area contributed by atoms with Crippen molar-refractivity contribution < 1.29 is 14.3 Å². The molecule has 0 bridgehead atoms. The van der Waals surface area contributed by atoms with Gasteiger partial charge in [-0.3, -0.25) is 4.79 Å². The third kappa shape index (κ3) is 1.74. The molecule has 1 N–H and O–H groups in total. The van der Waals surface area contributed by atoms with Gasteiger partial charge < -0.3 is 9.52 Å². The fraction of sp³-hybridized carbons (Fsp3) is 0.429. The third-order valence-electron chi connectivity index (χ3n) is 4.02. The maximum atomic E-state index is 11.2. The Morgan fingerprint density at radius 3 is 2.74 bits per heavy atom. The number of aryl methyl sites for hydroxylation is 1. The van der Waals surface area contributed by atoms with Crippen molar-refractivity contribution in [2.75, 3.05) is 0 Å². The van der Waals surface area contributed by atoms with Crippen LogP contribution in [0.1, 0.15) is 31.2 Å². The number of oxazole rings is 1. The van der Waals surface area contributed by atoms with E-state index in [-0.39, 0.29) is 11.3 Å². The third-order valence-corrected chi connectivity index (χ3v) is 4.23. The normalized spacial score (nSPS) is 24.6. The highest BCUT2D eigenvalue weighted by molar-refractivity contribution is 6.31. The van der Waals surface area contributed by atoms with Gasteiger partial charge in [-0.1, -0.05) is 25.4 Å². The second-order valence-corrected chi connectivity index (χ2v) is 6.17. The molecule has 0 spiro atoms. The molecule has 1 fully saturated rings. The Bertz CT molecular complexity index is 689. The molecule has 2 atom stereocenters. The minimum absolute atomic E-state index is 0.171. The summed E-state index contributed by atoms with van der Waals surface area (Å²) in [6.45, 7) is 5.74. The molecule has 1 aromatic heterocycles. The lowest BCUT2D eigenvalue weighted by Gasteiger charge is -1.97. The number of carboxylic acids is 1. The lowest BCUT2D eigenvalue weighted by atomic mass is 10.1. The molecule has 2 unspecified atom stereocenters. The lowest BCUT2D eigenvalue weighted by molar-refractivity contribution is -0.139. The number of nitrogens with zero attached hydrogens (tertiary/aromatic N) is 1. The topological polar surface area (TPSA) is 63.3 Å². The summed E-state index contributed by atoms with van der Waals surface area (Å²) < 4.78 is 5.76. The van der Waals surface area contributed by atoms with Gasteiger partial charge in [-0.2, -0.15) is 0 Å². The number of benzene rings is 1. The van der Waals surface area contributed by atoms with Gasteiger partial charge in [-0.15, -0.1) is 0 Å². The first-order chi connectivity index (χ1) is 8.82. The molecule has 3 rings (SSSR count). The van der Waals surface area contributed by atoms with Crippen molar-refractivity contribution in [2.45, 2.75) is 26.7 Å². The van der Waals surface area contributed by atoms with E-state index in [2.05, 4.69) is 4.98 Å². The highest BCUT2D eigenvalue weighted by Gasteiger charge is 2.65.